The van der Waals surface area contributed by atoms with Gasteiger partial charge in [0.1, 0.15) is 5.54 Å². The molecule has 0 radical (unpaired) electrons. The summed E-state index contributed by atoms with van der Waals surface area (Å²) in [4.78, 5) is 3.95. The number of sulfonamides is 1. The van der Waals surface area contributed by atoms with Gasteiger partial charge in [0, 0.05) is 0 Å². The van der Waals surface area contributed by atoms with Crippen LogP contribution in [0, 0.1) is 24.2 Å². The second-order valence-electron chi connectivity index (χ2n) is 5.18. The highest BCUT2D eigenvalue weighted by Gasteiger charge is 2.38. The Balaban J connectivity index is 2.21. The van der Waals surface area contributed by atoms with E-state index in [2.05, 4.69) is 22.7 Å². The summed E-state index contributed by atoms with van der Waals surface area (Å²) in [6.45, 7) is 3.88. The zero-order chi connectivity index (χ0) is 14.1. The van der Waals surface area contributed by atoms with E-state index in [1.54, 1.807) is 6.92 Å². The van der Waals surface area contributed by atoms with Crippen molar-refractivity contribution in [1.29, 1.82) is 5.26 Å². The lowest BCUT2D eigenvalue weighted by molar-refractivity contribution is 0.278. The van der Waals surface area contributed by atoms with Gasteiger partial charge in [-0.1, -0.05) is 6.92 Å². The van der Waals surface area contributed by atoms with Crippen LogP contribution >= 0.6 is 11.3 Å². The fourth-order valence-electron chi connectivity index (χ4n) is 2.27. The summed E-state index contributed by atoms with van der Waals surface area (Å²) in [6, 6.07) is 2.16. The Labute approximate surface area is 117 Å². The molecule has 0 amide bonds. The number of hydrogen-bond donors (Lipinski definition) is 1. The minimum absolute atomic E-state index is 0.179. The second-order valence-corrected chi connectivity index (χ2v) is 8.32. The third kappa shape index (κ3) is 3.14. The van der Waals surface area contributed by atoms with Crippen LogP contribution in [0.3, 0.4) is 0 Å². The Kier molecular flexibility index (Phi) is 3.95. The van der Waals surface area contributed by atoms with E-state index < -0.39 is 15.6 Å². The molecular weight excluding hydrogens is 282 g/mol. The summed E-state index contributed by atoms with van der Waals surface area (Å²) in [6.07, 6.45) is 4.23. The molecule has 0 atom stereocenters. The minimum atomic E-state index is -3.64. The van der Waals surface area contributed by atoms with E-state index in [1.807, 2.05) is 0 Å². The Bertz CT molecular complexity index is 593. The topological polar surface area (TPSA) is 82.8 Å². The number of nitriles is 1. The van der Waals surface area contributed by atoms with E-state index in [9.17, 15) is 13.7 Å². The minimum Gasteiger partial charge on any atom is -0.249 e. The Morgan fingerprint density at radius 1 is 1.53 bits per heavy atom. The Hall–Kier alpha value is -0.970. The van der Waals surface area contributed by atoms with E-state index in [1.165, 1.54) is 6.20 Å². The van der Waals surface area contributed by atoms with E-state index in [0.29, 0.717) is 23.8 Å². The number of nitrogens with zero attached hydrogens (tertiary/aromatic N) is 2. The van der Waals surface area contributed by atoms with Crippen molar-refractivity contribution < 1.29 is 8.42 Å². The van der Waals surface area contributed by atoms with Gasteiger partial charge in [-0.15, -0.1) is 11.3 Å². The van der Waals surface area contributed by atoms with Gasteiger partial charge in [0.15, 0.2) is 4.21 Å². The molecule has 1 saturated carbocycles. The van der Waals surface area contributed by atoms with E-state index >= 15 is 0 Å². The van der Waals surface area contributed by atoms with Crippen molar-refractivity contribution in [2.75, 3.05) is 0 Å². The molecule has 1 aliphatic carbocycles. The molecule has 1 N–H and O–H groups in total. The Morgan fingerprint density at radius 3 is 2.63 bits per heavy atom. The first-order valence-electron chi connectivity index (χ1n) is 6.24. The summed E-state index contributed by atoms with van der Waals surface area (Å²) in [7, 11) is -3.64. The van der Waals surface area contributed by atoms with Gasteiger partial charge in [-0.3, -0.25) is 0 Å². The third-order valence-corrected chi connectivity index (χ3v) is 6.45. The highest BCUT2D eigenvalue weighted by molar-refractivity contribution is 7.91. The maximum atomic E-state index is 12.3. The molecule has 1 heterocycles. The highest BCUT2D eigenvalue weighted by Crippen LogP contribution is 2.33. The average Bonchev–Trinajstić information content (AvgIpc) is 2.80. The van der Waals surface area contributed by atoms with Crippen LogP contribution in [-0.4, -0.2) is 18.9 Å². The van der Waals surface area contributed by atoms with Crippen molar-refractivity contribution in [1.82, 2.24) is 9.71 Å². The molecule has 5 nitrogen and oxygen atoms in total. The fraction of sp³-hybridized carbons (Fsp3) is 0.667. The van der Waals surface area contributed by atoms with E-state index in [4.69, 9.17) is 0 Å². The van der Waals surface area contributed by atoms with Crippen molar-refractivity contribution in [2.24, 2.45) is 5.92 Å². The zero-order valence-corrected chi connectivity index (χ0v) is 12.6. The summed E-state index contributed by atoms with van der Waals surface area (Å²) in [5.41, 5.74) is -0.955. The lowest BCUT2D eigenvalue weighted by Crippen LogP contribution is -2.49. The number of nitrogens with one attached hydrogen (secondary N) is 1. The molecule has 0 unspecified atom stereocenters. The van der Waals surface area contributed by atoms with Gasteiger partial charge in [-0.25, -0.2) is 13.4 Å². The largest absolute Gasteiger partial charge is 0.253 e. The maximum absolute atomic E-state index is 12.3. The normalized spacial score (nSPS) is 27.9. The summed E-state index contributed by atoms with van der Waals surface area (Å²) >= 11 is 1.12. The highest BCUT2D eigenvalue weighted by atomic mass is 32.2. The molecule has 0 aliphatic heterocycles. The lowest BCUT2D eigenvalue weighted by Gasteiger charge is -2.33. The van der Waals surface area contributed by atoms with Crippen molar-refractivity contribution in [3.05, 3.63) is 11.2 Å². The zero-order valence-electron chi connectivity index (χ0n) is 11.0. The van der Waals surface area contributed by atoms with Gasteiger partial charge in [0.25, 0.3) is 10.0 Å². The van der Waals surface area contributed by atoms with Crippen LogP contribution in [0.15, 0.2) is 10.4 Å². The number of aromatic nitrogens is 1. The van der Waals surface area contributed by atoms with Crippen molar-refractivity contribution in [3.63, 3.8) is 0 Å². The van der Waals surface area contributed by atoms with Gasteiger partial charge < -0.3 is 0 Å². The van der Waals surface area contributed by atoms with E-state index in [0.717, 1.165) is 24.2 Å². The number of aryl methyl sites for hydroxylation is 1. The first kappa shape index (κ1) is 14.4. The van der Waals surface area contributed by atoms with E-state index in [-0.39, 0.29) is 4.21 Å². The van der Waals surface area contributed by atoms with Gasteiger partial charge in [0.05, 0.1) is 17.3 Å². The maximum Gasteiger partial charge on any atom is 0.253 e. The number of hydrogen-bond acceptors (Lipinski definition) is 5. The van der Waals surface area contributed by atoms with Crippen molar-refractivity contribution in [2.45, 2.75) is 49.3 Å². The Morgan fingerprint density at radius 2 is 2.16 bits per heavy atom. The lowest BCUT2D eigenvalue weighted by atomic mass is 9.79. The molecule has 104 valence electrons. The molecule has 2 rings (SSSR count). The first-order chi connectivity index (χ1) is 8.87. The summed E-state index contributed by atoms with van der Waals surface area (Å²) in [5, 5.41) is 10.1. The van der Waals surface area contributed by atoms with Crippen LogP contribution in [0.2, 0.25) is 0 Å². The van der Waals surface area contributed by atoms with Crippen LogP contribution < -0.4 is 4.72 Å². The molecule has 1 aromatic heterocycles. The molecule has 0 bridgehead atoms. The third-order valence-electron chi connectivity index (χ3n) is 3.54. The predicted octanol–water partition coefficient (Wildman–Crippen LogP) is 2.20. The van der Waals surface area contributed by atoms with Crippen LogP contribution in [0.5, 0.6) is 0 Å². The van der Waals surface area contributed by atoms with Crippen LogP contribution in [-0.2, 0) is 10.0 Å². The molecule has 0 saturated heterocycles. The van der Waals surface area contributed by atoms with Crippen LogP contribution in [0.4, 0.5) is 0 Å². The predicted molar refractivity (Wildman–Crippen MR) is 73.1 cm³/mol. The smallest absolute Gasteiger partial charge is 0.249 e. The molecular formula is C12H17N3O2S2. The molecule has 1 aromatic rings. The second kappa shape index (κ2) is 5.19. The van der Waals surface area contributed by atoms with Crippen LogP contribution in [0.1, 0.15) is 37.6 Å². The number of rotatable bonds is 3. The molecule has 0 spiro atoms. The van der Waals surface area contributed by atoms with Crippen molar-refractivity contribution >= 4 is 21.4 Å². The molecule has 1 fully saturated rings. The van der Waals surface area contributed by atoms with Gasteiger partial charge >= 0.3 is 0 Å². The fourth-order valence-corrected chi connectivity index (χ4v) is 4.75. The van der Waals surface area contributed by atoms with Gasteiger partial charge in [0.2, 0.25) is 0 Å². The van der Waals surface area contributed by atoms with Gasteiger partial charge in [-0.2, -0.15) is 9.98 Å². The average molecular weight is 299 g/mol. The first-order valence-corrected chi connectivity index (χ1v) is 8.54. The summed E-state index contributed by atoms with van der Waals surface area (Å²) in [5.74, 6) is 0.552. The standard InChI is InChI=1S/C12H17N3O2S2/c1-9-3-5-12(8-13,6-4-9)15-19(16,17)11-7-14-10(2)18-11/h7,9,15H,3-6H2,1-2H3. The molecule has 7 heteroatoms. The molecule has 1 aliphatic rings. The van der Waals surface area contributed by atoms with Gasteiger partial charge in [-0.05, 0) is 38.5 Å². The number of thiazole rings is 1. The molecule has 19 heavy (non-hydrogen) atoms. The van der Waals surface area contributed by atoms with Crippen molar-refractivity contribution in [3.8, 4) is 6.07 Å². The van der Waals surface area contributed by atoms with Crippen LogP contribution in [0.25, 0.3) is 0 Å². The monoisotopic (exact) mass is 299 g/mol. The quantitative estimate of drug-likeness (QED) is 0.927. The summed E-state index contributed by atoms with van der Waals surface area (Å²) < 4.78 is 27.3. The SMILES string of the molecule is Cc1ncc(S(=O)(=O)NC2(C#N)CCC(C)CC2)s1. The molecule has 0 aromatic carbocycles.